The van der Waals surface area contributed by atoms with Crippen molar-refractivity contribution in [1.82, 2.24) is 0 Å². The first-order valence-electron chi connectivity index (χ1n) is 6.91. The van der Waals surface area contributed by atoms with Gasteiger partial charge in [0.25, 0.3) is 0 Å². The van der Waals surface area contributed by atoms with Gasteiger partial charge in [-0.3, -0.25) is 0 Å². The highest BCUT2D eigenvalue weighted by atomic mass is 19.4. The van der Waals surface area contributed by atoms with Crippen molar-refractivity contribution in [2.24, 2.45) is 0 Å². The maximum atomic E-state index is 12.0. The molecule has 0 aromatic heterocycles. The Kier molecular flexibility index (Phi) is 5.70. The van der Waals surface area contributed by atoms with Gasteiger partial charge >= 0.3 is 6.36 Å². The van der Waals surface area contributed by atoms with Crippen LogP contribution >= 0.6 is 0 Å². The Balaban J connectivity index is 1.69. The molecule has 0 heterocycles. The minimum Gasteiger partial charge on any atom is -0.406 e. The smallest absolute Gasteiger partial charge is 0.406 e. The van der Waals surface area contributed by atoms with Crippen LogP contribution in [0.25, 0.3) is 0 Å². The van der Waals surface area contributed by atoms with Gasteiger partial charge in [-0.15, -0.1) is 13.2 Å². The van der Waals surface area contributed by atoms with Crippen LogP contribution in [0, 0.1) is 6.92 Å². The predicted molar refractivity (Wildman–Crippen MR) is 82.4 cm³/mol. The summed E-state index contributed by atoms with van der Waals surface area (Å²) in [5, 5.41) is 6.06. The van der Waals surface area contributed by atoms with Crippen LogP contribution in [0.15, 0.2) is 48.5 Å². The summed E-state index contributed by atoms with van der Waals surface area (Å²) in [5.41, 5.74) is 2.74. The van der Waals surface area contributed by atoms with Crippen LogP contribution in [0.2, 0.25) is 0 Å². The minimum absolute atomic E-state index is 0.221. The number of hydrogen-bond donors (Lipinski definition) is 2. The number of alkyl halides is 3. The van der Waals surface area contributed by atoms with Gasteiger partial charge in [0.2, 0.25) is 0 Å². The molecule has 23 heavy (non-hydrogen) atoms. The molecule has 0 aliphatic heterocycles. The van der Waals surface area contributed by atoms with Crippen molar-refractivity contribution in [2.75, 3.05) is 24.1 Å². The van der Waals surface area contributed by atoms with Gasteiger partial charge in [0.15, 0.2) is 0 Å². The van der Waals surface area contributed by atoms with Gasteiger partial charge in [-0.2, -0.15) is 0 Å². The number of para-hydroxylation sites is 1. The van der Waals surface area contributed by atoms with E-state index in [0.717, 1.165) is 11.3 Å². The predicted octanol–water partition coefficient (Wildman–Crippen LogP) is 4.35. The summed E-state index contributed by atoms with van der Waals surface area (Å²) in [6.45, 7) is 2.52. The van der Waals surface area contributed by atoms with Crippen LogP contribution in [0.4, 0.5) is 24.5 Å². The third-order valence-corrected chi connectivity index (χ3v) is 2.98. The van der Waals surface area contributed by atoms with Gasteiger partial charge in [0.05, 0.1) is 0 Å². The van der Waals surface area contributed by atoms with Crippen molar-refractivity contribution in [3.05, 3.63) is 54.1 Å². The van der Waals surface area contributed by atoms with E-state index in [1.165, 1.54) is 24.3 Å². The standard InChI is InChI=1S/C16H17F3N2O2/c1-12-4-2-3-5-15(12)21-11-22-10-20-13-6-8-14(9-7-13)23-16(17,18)19/h2-9,20-21H,10-11H2,1H3. The Labute approximate surface area is 132 Å². The van der Waals surface area contributed by atoms with E-state index in [1.807, 2.05) is 31.2 Å². The van der Waals surface area contributed by atoms with Gasteiger partial charge in [0, 0.05) is 11.4 Å². The average molecular weight is 326 g/mol. The summed E-state index contributed by atoms with van der Waals surface area (Å²) in [7, 11) is 0. The number of rotatable bonds is 7. The molecule has 0 aliphatic carbocycles. The van der Waals surface area contributed by atoms with Crippen molar-refractivity contribution in [2.45, 2.75) is 13.3 Å². The van der Waals surface area contributed by atoms with E-state index in [4.69, 9.17) is 4.74 Å². The van der Waals surface area contributed by atoms with Crippen molar-refractivity contribution in [3.63, 3.8) is 0 Å². The topological polar surface area (TPSA) is 42.5 Å². The van der Waals surface area contributed by atoms with E-state index in [9.17, 15) is 13.2 Å². The van der Waals surface area contributed by atoms with Gasteiger partial charge in [0.1, 0.15) is 19.2 Å². The maximum Gasteiger partial charge on any atom is 0.573 e. The molecule has 0 aliphatic rings. The number of ether oxygens (including phenoxy) is 2. The quantitative estimate of drug-likeness (QED) is 0.586. The zero-order valence-electron chi connectivity index (χ0n) is 12.5. The second-order valence-electron chi connectivity index (χ2n) is 4.73. The summed E-state index contributed by atoms with van der Waals surface area (Å²) in [4.78, 5) is 0. The van der Waals surface area contributed by atoms with E-state index in [2.05, 4.69) is 15.4 Å². The lowest BCUT2D eigenvalue weighted by molar-refractivity contribution is -0.274. The number of halogens is 3. The number of hydrogen-bond acceptors (Lipinski definition) is 4. The molecule has 7 heteroatoms. The first-order valence-corrected chi connectivity index (χ1v) is 6.91. The molecule has 2 aromatic rings. The molecule has 0 radical (unpaired) electrons. The van der Waals surface area contributed by atoms with Crippen LogP contribution in [0.3, 0.4) is 0 Å². The Morgan fingerprint density at radius 3 is 2.22 bits per heavy atom. The van der Waals surface area contributed by atoms with Gasteiger partial charge in [-0.25, -0.2) is 0 Å². The lowest BCUT2D eigenvalue weighted by Gasteiger charge is -2.12. The molecule has 2 rings (SSSR count). The molecule has 0 bridgehead atoms. The third kappa shape index (κ3) is 6.07. The van der Waals surface area contributed by atoms with Crippen molar-refractivity contribution in [3.8, 4) is 5.75 Å². The second kappa shape index (κ2) is 7.73. The third-order valence-electron chi connectivity index (χ3n) is 2.98. The lowest BCUT2D eigenvalue weighted by Crippen LogP contribution is -2.17. The van der Waals surface area contributed by atoms with Gasteiger partial charge in [-0.1, -0.05) is 18.2 Å². The molecular formula is C16H17F3N2O2. The van der Waals surface area contributed by atoms with Crippen molar-refractivity contribution in [1.29, 1.82) is 0 Å². The number of aryl methyl sites for hydroxylation is 1. The van der Waals surface area contributed by atoms with Gasteiger partial charge in [-0.05, 0) is 42.8 Å². The van der Waals surface area contributed by atoms with Crippen LogP contribution < -0.4 is 15.4 Å². The van der Waals surface area contributed by atoms with Crippen molar-refractivity contribution >= 4 is 11.4 Å². The van der Waals surface area contributed by atoms with E-state index in [-0.39, 0.29) is 12.5 Å². The average Bonchev–Trinajstić information content (AvgIpc) is 2.49. The lowest BCUT2D eigenvalue weighted by atomic mass is 10.2. The zero-order chi connectivity index (χ0) is 16.7. The monoisotopic (exact) mass is 326 g/mol. The molecule has 2 aromatic carbocycles. The summed E-state index contributed by atoms with van der Waals surface area (Å²) in [6, 6.07) is 13.3. The highest BCUT2D eigenvalue weighted by molar-refractivity contribution is 5.50. The normalized spacial score (nSPS) is 11.1. The van der Waals surface area contributed by atoms with E-state index >= 15 is 0 Å². The fourth-order valence-electron chi connectivity index (χ4n) is 1.86. The first kappa shape index (κ1) is 17.0. The summed E-state index contributed by atoms with van der Waals surface area (Å²) in [5.74, 6) is -0.259. The fourth-order valence-corrected chi connectivity index (χ4v) is 1.86. The van der Waals surface area contributed by atoms with E-state index in [1.54, 1.807) is 0 Å². The number of benzene rings is 2. The molecule has 0 fully saturated rings. The molecule has 2 N–H and O–H groups in total. The highest BCUT2D eigenvalue weighted by Crippen LogP contribution is 2.23. The fraction of sp³-hybridized carbons (Fsp3) is 0.250. The minimum atomic E-state index is -4.68. The summed E-state index contributed by atoms with van der Waals surface area (Å²) in [6.07, 6.45) is -4.68. The van der Waals surface area contributed by atoms with E-state index in [0.29, 0.717) is 12.4 Å². The Hall–Kier alpha value is -2.41. The molecule has 4 nitrogen and oxygen atoms in total. The molecule has 0 spiro atoms. The van der Waals surface area contributed by atoms with E-state index < -0.39 is 6.36 Å². The second-order valence-corrected chi connectivity index (χ2v) is 4.73. The van der Waals surface area contributed by atoms with Gasteiger partial charge < -0.3 is 20.1 Å². The highest BCUT2D eigenvalue weighted by Gasteiger charge is 2.30. The number of anilines is 2. The molecule has 0 unspecified atom stereocenters. The molecule has 124 valence electrons. The largest absolute Gasteiger partial charge is 0.573 e. The summed E-state index contributed by atoms with van der Waals surface area (Å²) >= 11 is 0. The Morgan fingerprint density at radius 2 is 1.57 bits per heavy atom. The molecule has 0 saturated carbocycles. The zero-order valence-corrected chi connectivity index (χ0v) is 12.5. The first-order chi connectivity index (χ1) is 10.9. The molecule has 0 atom stereocenters. The van der Waals surface area contributed by atoms with Crippen LogP contribution in [0.1, 0.15) is 5.56 Å². The maximum absolute atomic E-state index is 12.0. The van der Waals surface area contributed by atoms with Crippen LogP contribution in [-0.2, 0) is 4.74 Å². The van der Waals surface area contributed by atoms with Crippen LogP contribution in [-0.4, -0.2) is 19.8 Å². The Bertz CT molecular complexity index is 615. The van der Waals surface area contributed by atoms with Crippen LogP contribution in [0.5, 0.6) is 5.75 Å². The Morgan fingerprint density at radius 1 is 0.913 bits per heavy atom. The summed E-state index contributed by atoms with van der Waals surface area (Å²) < 4.78 is 45.3. The van der Waals surface area contributed by atoms with Crippen molar-refractivity contribution < 1.29 is 22.6 Å². The molecule has 0 saturated heterocycles. The molecular weight excluding hydrogens is 309 g/mol. The SMILES string of the molecule is Cc1ccccc1NCOCNc1ccc(OC(F)(F)F)cc1. The number of nitrogens with one attached hydrogen (secondary N) is 2. The molecule has 0 amide bonds.